The first kappa shape index (κ1) is 15.9. The van der Waals surface area contributed by atoms with Gasteiger partial charge < -0.3 is 29.6 Å². The molecule has 6 rings (SSSR count). The highest BCUT2D eigenvalue weighted by Crippen LogP contribution is 2.64. The number of nitrogens with one attached hydrogen (secondary N) is 1. The molecule has 0 unspecified atom stereocenters. The predicted molar refractivity (Wildman–Crippen MR) is 113 cm³/mol. The van der Waals surface area contributed by atoms with Crippen molar-refractivity contribution in [3.05, 3.63) is 53.5 Å². The van der Waals surface area contributed by atoms with Crippen LogP contribution in [0.25, 0.3) is 6.08 Å². The van der Waals surface area contributed by atoms with Gasteiger partial charge >= 0.3 is 0 Å². The van der Waals surface area contributed by atoms with Crippen molar-refractivity contribution < 1.29 is 28.3 Å². The monoisotopic (exact) mass is 425 g/mol. The molecule has 2 aliphatic heterocycles. The highest BCUT2D eigenvalue weighted by molar-refractivity contribution is 5.91. The second-order valence-electron chi connectivity index (χ2n) is 9.05. The van der Waals surface area contributed by atoms with Crippen LogP contribution >= 0.6 is 0 Å². The molecule has 2 aliphatic carbocycles. The first-order valence-corrected chi connectivity index (χ1v) is 10.7. The molecule has 2 bridgehead atoms. The average Bonchev–Trinajstić information content (AvgIpc) is 3.40. The number of rotatable bonds is 3. The van der Waals surface area contributed by atoms with E-state index in [4.69, 9.17) is 13.3 Å². The summed E-state index contributed by atoms with van der Waals surface area (Å²) in [7, 11) is 0. The van der Waals surface area contributed by atoms with E-state index >= 15 is 0 Å². The van der Waals surface area contributed by atoms with Gasteiger partial charge in [0.15, 0.2) is 11.5 Å². The SMILES string of the molecule is [2H]C([2H])([2H])N(C(=O)/C=C/c1ccoc1)[C@@H]1CC[C@@]2(O)[C@H]3Cc4ccc(O)c5c4[C@@]2(CCN3)[C@H]1O5. The Labute approximate surface area is 184 Å². The van der Waals surface area contributed by atoms with E-state index in [1.165, 1.54) is 24.7 Å². The number of phenols is 1. The van der Waals surface area contributed by atoms with Gasteiger partial charge in [-0.1, -0.05) is 6.07 Å². The molecule has 5 atom stereocenters. The lowest BCUT2D eigenvalue weighted by molar-refractivity contribution is -0.171. The Morgan fingerprint density at radius 1 is 1.39 bits per heavy atom. The van der Waals surface area contributed by atoms with E-state index in [9.17, 15) is 15.0 Å². The molecule has 3 N–H and O–H groups in total. The first-order chi connectivity index (χ1) is 16.2. The first-order valence-electron chi connectivity index (χ1n) is 12.2. The summed E-state index contributed by atoms with van der Waals surface area (Å²) in [6.45, 7) is -2.10. The van der Waals surface area contributed by atoms with Gasteiger partial charge in [0.05, 0.1) is 29.6 Å². The fourth-order valence-electron chi connectivity index (χ4n) is 6.46. The van der Waals surface area contributed by atoms with Crippen molar-refractivity contribution in [2.24, 2.45) is 0 Å². The Balaban J connectivity index is 1.46. The summed E-state index contributed by atoms with van der Waals surface area (Å²) in [5.74, 6) is -0.398. The molecule has 3 heterocycles. The predicted octanol–water partition coefficient (Wildman–Crippen LogP) is 1.97. The topological polar surface area (TPSA) is 95.2 Å². The lowest BCUT2D eigenvalue weighted by Gasteiger charge is -2.62. The minimum absolute atomic E-state index is 0.0350. The second-order valence-corrected chi connectivity index (χ2v) is 9.05. The van der Waals surface area contributed by atoms with Gasteiger partial charge in [0, 0.05) is 34.3 Å². The van der Waals surface area contributed by atoms with Gasteiger partial charge in [-0.05, 0) is 56.0 Å². The molecule has 2 aromatic rings. The Kier molecular flexibility index (Phi) is 3.28. The molecule has 1 amide bonds. The third-order valence-corrected chi connectivity index (χ3v) is 7.78. The van der Waals surface area contributed by atoms with E-state index in [0.29, 0.717) is 37.1 Å². The van der Waals surface area contributed by atoms with E-state index in [2.05, 4.69) is 5.32 Å². The number of nitrogens with zero attached hydrogens (tertiary/aromatic N) is 1. The number of carbonyl (C=O) groups excluding carboxylic acids is 1. The van der Waals surface area contributed by atoms with Gasteiger partial charge in [-0.2, -0.15) is 0 Å². The Morgan fingerprint density at radius 3 is 3.10 bits per heavy atom. The number of phenolic OH excluding ortho intramolecular Hbond substituents is 1. The number of benzene rings is 1. The minimum Gasteiger partial charge on any atom is -0.504 e. The van der Waals surface area contributed by atoms with Gasteiger partial charge in [0.1, 0.15) is 6.10 Å². The van der Waals surface area contributed by atoms with Crippen LogP contribution in [0.1, 0.15) is 40.1 Å². The van der Waals surface area contributed by atoms with Crippen LogP contribution in [0, 0.1) is 0 Å². The summed E-state index contributed by atoms with van der Waals surface area (Å²) >= 11 is 0. The van der Waals surface area contributed by atoms with Crippen LogP contribution in [0.4, 0.5) is 0 Å². The van der Waals surface area contributed by atoms with Gasteiger partial charge in [-0.25, -0.2) is 0 Å². The minimum atomic E-state index is -2.72. The molecule has 1 spiro atoms. The molecule has 1 aromatic carbocycles. The fraction of sp³-hybridized carbons (Fsp3) is 0.458. The molecule has 7 nitrogen and oxygen atoms in total. The lowest BCUT2D eigenvalue weighted by atomic mass is 9.48. The van der Waals surface area contributed by atoms with Crippen LogP contribution in [0.2, 0.25) is 0 Å². The Bertz CT molecular complexity index is 1180. The van der Waals surface area contributed by atoms with E-state index in [-0.39, 0.29) is 18.2 Å². The summed E-state index contributed by atoms with van der Waals surface area (Å²) in [6, 6.07) is 4.07. The molecule has 2 fully saturated rings. The van der Waals surface area contributed by atoms with Crippen LogP contribution in [0.3, 0.4) is 0 Å². The number of amides is 1. The van der Waals surface area contributed by atoms with Crippen molar-refractivity contribution >= 4 is 12.0 Å². The number of aromatic hydroxyl groups is 1. The van der Waals surface area contributed by atoms with E-state index in [1.54, 1.807) is 12.1 Å². The summed E-state index contributed by atoms with van der Waals surface area (Å²) in [6.07, 6.45) is 6.55. The zero-order chi connectivity index (χ0) is 23.9. The standard InChI is InChI=1S/C24H26N2O5/c1-26(19(28)5-2-14-7-11-30-13-14)16-6-8-24(29)18-12-15-3-4-17(27)21-20(15)23(24,9-10-25-18)22(16)31-21/h2-5,7,11,13,16,18,22,25,27,29H,6,8-10,12H2,1H3/b5-2+/t16-,18-,22+,23+,24-/m1/s1/i1D3. The van der Waals surface area contributed by atoms with Crippen LogP contribution in [0.15, 0.2) is 41.2 Å². The van der Waals surface area contributed by atoms with E-state index in [0.717, 1.165) is 16.0 Å². The second kappa shape index (κ2) is 6.37. The third-order valence-electron chi connectivity index (χ3n) is 7.78. The quantitative estimate of drug-likeness (QED) is 0.651. The number of hydrogen-bond donors (Lipinski definition) is 3. The van der Waals surface area contributed by atoms with Crippen molar-refractivity contribution in [2.45, 2.75) is 54.9 Å². The molecule has 7 heteroatoms. The smallest absolute Gasteiger partial charge is 0.246 e. The van der Waals surface area contributed by atoms with Gasteiger partial charge in [-0.15, -0.1) is 0 Å². The Hall–Kier alpha value is -2.77. The number of hydrogen-bond acceptors (Lipinski definition) is 6. The highest BCUT2D eigenvalue weighted by Gasteiger charge is 2.72. The third kappa shape index (κ3) is 2.33. The van der Waals surface area contributed by atoms with Gasteiger partial charge in [0.25, 0.3) is 0 Å². The maximum absolute atomic E-state index is 13.3. The molecule has 1 saturated heterocycles. The van der Waals surface area contributed by atoms with Crippen molar-refractivity contribution in [3.63, 3.8) is 0 Å². The molecular weight excluding hydrogens is 396 g/mol. The van der Waals surface area contributed by atoms with Crippen LogP contribution in [-0.2, 0) is 16.6 Å². The van der Waals surface area contributed by atoms with Crippen molar-refractivity contribution in [3.8, 4) is 11.5 Å². The lowest BCUT2D eigenvalue weighted by Crippen LogP contribution is -2.77. The number of piperidine rings is 1. The number of furan rings is 1. The number of ether oxygens (including phenoxy) is 1. The number of likely N-dealkylation sites (N-methyl/N-ethyl adjacent to an activating group) is 1. The van der Waals surface area contributed by atoms with Gasteiger partial charge in [-0.3, -0.25) is 4.79 Å². The molecule has 1 saturated carbocycles. The van der Waals surface area contributed by atoms with Crippen molar-refractivity contribution in [1.29, 1.82) is 0 Å². The maximum Gasteiger partial charge on any atom is 0.246 e. The molecule has 1 aromatic heterocycles. The Morgan fingerprint density at radius 2 is 2.29 bits per heavy atom. The van der Waals surface area contributed by atoms with E-state index < -0.39 is 36.0 Å². The van der Waals surface area contributed by atoms with Crippen LogP contribution < -0.4 is 10.1 Å². The summed E-state index contributed by atoms with van der Waals surface area (Å²) in [5.41, 5.74) is 0.307. The average molecular weight is 425 g/mol. The van der Waals surface area contributed by atoms with Crippen LogP contribution in [0.5, 0.6) is 11.5 Å². The van der Waals surface area contributed by atoms with Crippen molar-refractivity contribution in [2.75, 3.05) is 13.5 Å². The van der Waals surface area contributed by atoms with E-state index in [1.807, 2.05) is 6.07 Å². The number of aliphatic hydroxyl groups is 1. The molecule has 162 valence electrons. The summed E-state index contributed by atoms with van der Waals surface area (Å²) < 4.78 is 36.0. The zero-order valence-electron chi connectivity index (χ0n) is 19.9. The molecule has 0 radical (unpaired) electrons. The molecule has 31 heavy (non-hydrogen) atoms. The molecule has 4 aliphatic rings. The van der Waals surface area contributed by atoms with Crippen molar-refractivity contribution in [1.82, 2.24) is 10.2 Å². The van der Waals surface area contributed by atoms with Gasteiger partial charge in [0.2, 0.25) is 5.91 Å². The fourth-order valence-corrected chi connectivity index (χ4v) is 6.46. The number of carbonyl (C=O) groups is 1. The normalized spacial score (nSPS) is 36.8. The maximum atomic E-state index is 13.3. The highest BCUT2D eigenvalue weighted by atomic mass is 16.5. The largest absolute Gasteiger partial charge is 0.504 e. The summed E-state index contributed by atoms with van der Waals surface area (Å²) in [5, 5.41) is 26.2. The van der Waals surface area contributed by atoms with Crippen LogP contribution in [-0.4, -0.2) is 58.3 Å². The summed E-state index contributed by atoms with van der Waals surface area (Å²) in [4.78, 5) is 14.2. The zero-order valence-corrected chi connectivity index (χ0v) is 16.9. The molecular formula is C24H26N2O5.